The fourth-order valence-corrected chi connectivity index (χ4v) is 0.244. The highest BCUT2D eigenvalue weighted by Gasteiger charge is 1.69. The monoisotopic (exact) mass is 183 g/mol. The van der Waals surface area contributed by atoms with Crippen LogP contribution in [-0.2, 0) is 4.79 Å². The first kappa shape index (κ1) is 5.40. The minimum absolute atomic E-state index is 0.798. The van der Waals surface area contributed by atoms with Crippen LogP contribution in [0.15, 0.2) is 0 Å². The first-order chi connectivity index (χ1) is 2.41. The van der Waals surface area contributed by atoms with E-state index in [4.69, 9.17) is 0 Å². The van der Waals surface area contributed by atoms with E-state index < -0.39 is 0 Å². The number of halogens is 1. The van der Waals surface area contributed by atoms with Crippen LogP contribution in [0.25, 0.3) is 0 Å². The molecule has 0 N–H and O–H groups in total. The summed E-state index contributed by atoms with van der Waals surface area (Å²) in [5.41, 5.74) is 0. The van der Waals surface area contributed by atoms with Gasteiger partial charge in [0.25, 0.3) is 0 Å². The van der Waals surface area contributed by atoms with Gasteiger partial charge in [-0.2, -0.15) is 0 Å². The van der Waals surface area contributed by atoms with E-state index in [2.05, 4.69) is 22.6 Å². The van der Waals surface area contributed by atoms with Crippen molar-refractivity contribution in [3.8, 4) is 0 Å². The maximum Gasteiger partial charge on any atom is 0.124 e. The summed E-state index contributed by atoms with van der Waals surface area (Å²) in [6.45, 7) is 0. The molecule has 2 heteroatoms. The Hall–Kier alpha value is 0.400. The van der Waals surface area contributed by atoms with Crippen molar-refractivity contribution in [2.24, 2.45) is 0 Å². The highest BCUT2D eigenvalue weighted by Crippen LogP contribution is 1.78. The second kappa shape index (κ2) is 4.40. The molecule has 0 heterocycles. The lowest BCUT2D eigenvalue weighted by Gasteiger charge is -1.65. The number of hydrogen-bond donors (Lipinski definition) is 0. The molecule has 0 unspecified atom stereocenters. The third-order valence-corrected chi connectivity index (χ3v) is 0.694. The molecule has 5 heavy (non-hydrogen) atoms. The summed E-state index contributed by atoms with van der Waals surface area (Å²) in [7, 11) is 0. The molecule has 0 atom stereocenters. The molecule has 0 aromatic rings. The average Bonchev–Trinajstić information content (AvgIpc) is 1.41. The van der Waals surface area contributed by atoms with Crippen molar-refractivity contribution in [1.29, 1.82) is 0 Å². The molecule has 0 aliphatic heterocycles. The van der Waals surface area contributed by atoms with E-state index >= 15 is 0 Å². The standard InChI is InChI=1S/C3H4IO/c4-2-1-3-5/h1,3H,2H2. The highest BCUT2D eigenvalue weighted by molar-refractivity contribution is 14.1. The number of carbonyl (C=O) groups excluding carboxylic acids is 1. The van der Waals surface area contributed by atoms with Crippen LogP contribution in [0.5, 0.6) is 0 Å². The van der Waals surface area contributed by atoms with Gasteiger partial charge >= 0.3 is 0 Å². The third-order valence-electron chi connectivity index (χ3n) is 0.185. The van der Waals surface area contributed by atoms with Gasteiger partial charge in [0.2, 0.25) is 0 Å². The molecule has 0 saturated heterocycles. The highest BCUT2D eigenvalue weighted by atomic mass is 127. The molecule has 0 aliphatic rings. The zero-order chi connectivity index (χ0) is 4.12. The summed E-state index contributed by atoms with van der Waals surface area (Å²) in [4.78, 5) is 9.34. The van der Waals surface area contributed by atoms with Crippen LogP contribution in [-0.4, -0.2) is 10.7 Å². The lowest BCUT2D eigenvalue weighted by molar-refractivity contribution is -0.105. The number of alkyl halides is 1. The number of rotatable bonds is 2. The fraction of sp³-hybridized carbons (Fsp3) is 0.333. The fourth-order valence-electron chi connectivity index (χ4n) is 0.0364. The molecule has 0 rings (SSSR count). The lowest BCUT2D eigenvalue weighted by Crippen LogP contribution is -1.71. The zero-order valence-corrected chi connectivity index (χ0v) is 4.81. The Labute approximate surface area is 44.9 Å². The second-order valence-electron chi connectivity index (χ2n) is 0.526. The van der Waals surface area contributed by atoms with Crippen LogP contribution < -0.4 is 0 Å². The van der Waals surface area contributed by atoms with Gasteiger partial charge in [-0.3, -0.25) is 0 Å². The Morgan fingerprint density at radius 1 is 1.80 bits per heavy atom. The summed E-state index contributed by atoms with van der Waals surface area (Å²) in [5, 5.41) is 0. The van der Waals surface area contributed by atoms with Crippen molar-refractivity contribution in [2.75, 3.05) is 4.43 Å². The van der Waals surface area contributed by atoms with Crippen LogP contribution in [0.2, 0.25) is 0 Å². The summed E-state index contributed by atoms with van der Waals surface area (Å²) in [6.07, 6.45) is 2.35. The van der Waals surface area contributed by atoms with E-state index in [0.29, 0.717) is 0 Å². The maximum absolute atomic E-state index is 9.34. The molecule has 0 fully saturated rings. The van der Waals surface area contributed by atoms with Crippen molar-refractivity contribution >= 4 is 28.9 Å². The predicted octanol–water partition coefficient (Wildman–Crippen LogP) is 0.825. The first-order valence-corrected chi connectivity index (χ1v) is 2.77. The molecule has 1 nitrogen and oxygen atoms in total. The molecular weight excluding hydrogens is 179 g/mol. The van der Waals surface area contributed by atoms with Crippen molar-refractivity contribution in [1.82, 2.24) is 0 Å². The zero-order valence-electron chi connectivity index (χ0n) is 2.65. The smallest absolute Gasteiger partial charge is 0.124 e. The van der Waals surface area contributed by atoms with E-state index in [1.165, 1.54) is 0 Å². The van der Waals surface area contributed by atoms with E-state index in [9.17, 15) is 4.79 Å². The Morgan fingerprint density at radius 2 is 2.40 bits per heavy atom. The van der Waals surface area contributed by atoms with E-state index in [1.807, 2.05) is 0 Å². The van der Waals surface area contributed by atoms with Crippen LogP contribution in [0, 0.1) is 6.42 Å². The Kier molecular flexibility index (Phi) is 4.75. The molecular formula is C3H4IO. The molecule has 0 amide bonds. The Morgan fingerprint density at radius 3 is 2.40 bits per heavy atom. The van der Waals surface area contributed by atoms with Gasteiger partial charge in [-0.25, -0.2) is 0 Å². The van der Waals surface area contributed by atoms with E-state index in [-0.39, 0.29) is 0 Å². The van der Waals surface area contributed by atoms with Crippen molar-refractivity contribution in [2.45, 2.75) is 0 Å². The summed E-state index contributed by atoms with van der Waals surface area (Å²) in [6, 6.07) is 0. The van der Waals surface area contributed by atoms with Gasteiger partial charge in [0.05, 0.1) is 0 Å². The Bertz CT molecular complexity index is 28.1. The quantitative estimate of drug-likeness (QED) is 0.352. The number of hydrogen-bond acceptors (Lipinski definition) is 1. The molecule has 0 spiro atoms. The van der Waals surface area contributed by atoms with Crippen LogP contribution in [0.1, 0.15) is 0 Å². The van der Waals surface area contributed by atoms with E-state index in [0.717, 1.165) is 10.7 Å². The topological polar surface area (TPSA) is 17.1 Å². The lowest BCUT2D eigenvalue weighted by atomic mass is 10.6. The summed E-state index contributed by atoms with van der Waals surface area (Å²) in [5.74, 6) is 0. The largest absolute Gasteiger partial charge is 0.303 e. The number of carbonyl (C=O) groups is 1. The van der Waals surface area contributed by atoms with Crippen molar-refractivity contribution in [3.05, 3.63) is 6.42 Å². The minimum atomic E-state index is 0.798. The molecule has 0 aliphatic carbocycles. The van der Waals surface area contributed by atoms with Gasteiger partial charge in [0.15, 0.2) is 0 Å². The molecule has 0 saturated carbocycles. The first-order valence-electron chi connectivity index (χ1n) is 1.24. The summed E-state index contributed by atoms with van der Waals surface area (Å²) >= 11 is 2.10. The second-order valence-corrected chi connectivity index (χ2v) is 1.41. The van der Waals surface area contributed by atoms with E-state index in [1.54, 1.807) is 6.42 Å². The molecule has 0 bridgehead atoms. The van der Waals surface area contributed by atoms with Crippen molar-refractivity contribution < 1.29 is 4.79 Å². The van der Waals surface area contributed by atoms with Crippen molar-refractivity contribution in [3.63, 3.8) is 0 Å². The van der Waals surface area contributed by atoms with Gasteiger partial charge in [0.1, 0.15) is 6.29 Å². The van der Waals surface area contributed by atoms with Gasteiger partial charge in [0, 0.05) is 10.8 Å². The van der Waals surface area contributed by atoms with Gasteiger partial charge in [-0.1, -0.05) is 22.6 Å². The van der Waals surface area contributed by atoms with Gasteiger partial charge in [-0.05, 0) is 0 Å². The van der Waals surface area contributed by atoms with Gasteiger partial charge in [-0.15, -0.1) is 0 Å². The molecule has 1 radical (unpaired) electrons. The average molecular weight is 183 g/mol. The molecule has 29 valence electrons. The van der Waals surface area contributed by atoms with Crippen LogP contribution >= 0.6 is 22.6 Å². The maximum atomic E-state index is 9.34. The van der Waals surface area contributed by atoms with Crippen LogP contribution in [0.3, 0.4) is 0 Å². The normalized spacial score (nSPS) is 7.40. The number of aldehydes is 1. The van der Waals surface area contributed by atoms with Crippen LogP contribution in [0.4, 0.5) is 0 Å². The SMILES string of the molecule is O=C[CH]CI. The predicted molar refractivity (Wildman–Crippen MR) is 29.3 cm³/mol. The molecule has 0 aromatic carbocycles. The third kappa shape index (κ3) is 4.40. The van der Waals surface area contributed by atoms with Gasteiger partial charge < -0.3 is 4.79 Å². The summed E-state index contributed by atoms with van der Waals surface area (Å²) < 4.78 is 0.821. The molecule has 0 aromatic heterocycles. The minimum Gasteiger partial charge on any atom is -0.303 e. The Balaban J connectivity index is 2.40.